The van der Waals surface area contributed by atoms with Gasteiger partial charge in [-0.05, 0) is 5.92 Å². The van der Waals surface area contributed by atoms with E-state index in [4.69, 9.17) is 4.74 Å². The van der Waals surface area contributed by atoms with Gasteiger partial charge in [-0.1, -0.05) is 13.8 Å². The number of hydrogen-bond acceptors (Lipinski definition) is 4. The minimum Gasteiger partial charge on any atom is -0.500 e. The average molecular weight is 212 g/mol. The third kappa shape index (κ3) is 2.03. The number of ether oxygens (including phenoxy) is 2. The van der Waals surface area contributed by atoms with E-state index < -0.39 is 11.9 Å². The summed E-state index contributed by atoms with van der Waals surface area (Å²) in [6, 6.07) is 0. The molecular formula is C11H16O4. The van der Waals surface area contributed by atoms with Gasteiger partial charge in [0.25, 0.3) is 0 Å². The van der Waals surface area contributed by atoms with Crippen molar-refractivity contribution in [3.05, 3.63) is 11.3 Å². The van der Waals surface area contributed by atoms with Gasteiger partial charge >= 0.3 is 5.97 Å². The summed E-state index contributed by atoms with van der Waals surface area (Å²) >= 11 is 0. The van der Waals surface area contributed by atoms with Gasteiger partial charge in [0, 0.05) is 12.0 Å². The highest BCUT2D eigenvalue weighted by molar-refractivity contribution is 6.03. The van der Waals surface area contributed by atoms with E-state index in [1.165, 1.54) is 14.2 Å². The maximum atomic E-state index is 11.7. The van der Waals surface area contributed by atoms with E-state index in [1.807, 2.05) is 13.8 Å². The normalized spacial score (nSPS) is 21.1. The Bertz CT molecular complexity index is 315. The molecule has 0 amide bonds. The Hall–Kier alpha value is -1.32. The number of esters is 1. The number of carbonyl (C=O) groups excluding carboxylic acids is 2. The Morgan fingerprint density at radius 1 is 1.40 bits per heavy atom. The first-order chi connectivity index (χ1) is 7.02. The molecule has 4 nitrogen and oxygen atoms in total. The largest absolute Gasteiger partial charge is 0.500 e. The molecule has 0 bridgehead atoms. The molecule has 0 N–H and O–H groups in total. The highest BCUT2D eigenvalue weighted by atomic mass is 16.5. The summed E-state index contributed by atoms with van der Waals surface area (Å²) in [4.78, 5) is 23.1. The predicted octanol–water partition coefficient (Wildman–Crippen LogP) is 1.30. The summed E-state index contributed by atoms with van der Waals surface area (Å²) in [5.41, 5.74) is 0.618. The minimum atomic E-state index is -0.551. The number of allylic oxidation sites excluding steroid dienone is 1. The lowest BCUT2D eigenvalue weighted by molar-refractivity contribution is -0.145. The number of hydrogen-bond donors (Lipinski definition) is 0. The summed E-state index contributed by atoms with van der Waals surface area (Å²) in [6.45, 7) is 3.82. The minimum absolute atomic E-state index is 0.0164. The zero-order valence-corrected chi connectivity index (χ0v) is 9.49. The highest BCUT2D eigenvalue weighted by Crippen LogP contribution is 2.34. The number of rotatable bonds is 3. The Morgan fingerprint density at radius 2 is 2.00 bits per heavy atom. The molecule has 0 aliphatic heterocycles. The number of carbonyl (C=O) groups is 2. The van der Waals surface area contributed by atoms with Crippen molar-refractivity contribution < 1.29 is 19.1 Å². The maximum absolute atomic E-state index is 11.7. The molecule has 0 saturated heterocycles. The molecule has 84 valence electrons. The summed E-state index contributed by atoms with van der Waals surface area (Å²) in [7, 11) is 2.79. The van der Waals surface area contributed by atoms with Gasteiger partial charge in [-0.3, -0.25) is 9.59 Å². The number of methoxy groups -OCH3 is 2. The maximum Gasteiger partial charge on any atom is 0.316 e. The molecule has 0 saturated carbocycles. The van der Waals surface area contributed by atoms with Crippen molar-refractivity contribution in [1.82, 2.24) is 0 Å². The Labute approximate surface area is 89.2 Å². The number of Topliss-reactive ketones (excluding diaryl/α,β-unsaturated/α-hetero) is 1. The van der Waals surface area contributed by atoms with Crippen LogP contribution in [0.5, 0.6) is 0 Å². The van der Waals surface area contributed by atoms with Crippen LogP contribution in [0.3, 0.4) is 0 Å². The van der Waals surface area contributed by atoms with Crippen molar-refractivity contribution in [2.75, 3.05) is 14.2 Å². The molecule has 0 spiro atoms. The van der Waals surface area contributed by atoms with Crippen molar-refractivity contribution in [1.29, 1.82) is 0 Å². The van der Waals surface area contributed by atoms with Gasteiger partial charge in [0.15, 0.2) is 5.78 Å². The zero-order valence-electron chi connectivity index (χ0n) is 9.49. The highest BCUT2D eigenvalue weighted by Gasteiger charge is 2.39. The van der Waals surface area contributed by atoms with Crippen LogP contribution in [0.2, 0.25) is 0 Å². The van der Waals surface area contributed by atoms with Crippen LogP contribution in [-0.4, -0.2) is 26.0 Å². The van der Waals surface area contributed by atoms with Crippen molar-refractivity contribution >= 4 is 11.8 Å². The molecule has 0 aromatic rings. The molecule has 1 rings (SSSR count). The van der Waals surface area contributed by atoms with E-state index in [-0.39, 0.29) is 18.1 Å². The lowest BCUT2D eigenvalue weighted by atomic mass is 10.0. The van der Waals surface area contributed by atoms with E-state index in [9.17, 15) is 9.59 Å². The topological polar surface area (TPSA) is 52.6 Å². The number of ketones is 1. The molecule has 0 heterocycles. The fourth-order valence-electron chi connectivity index (χ4n) is 1.90. The second-order valence-corrected chi connectivity index (χ2v) is 3.84. The molecule has 1 aliphatic rings. The van der Waals surface area contributed by atoms with Crippen LogP contribution in [0.4, 0.5) is 0 Å². The van der Waals surface area contributed by atoms with Crippen LogP contribution in [-0.2, 0) is 19.1 Å². The zero-order chi connectivity index (χ0) is 11.6. The predicted molar refractivity (Wildman–Crippen MR) is 54.0 cm³/mol. The van der Waals surface area contributed by atoms with Crippen LogP contribution in [0, 0.1) is 11.8 Å². The third-order valence-corrected chi connectivity index (χ3v) is 2.55. The lowest BCUT2D eigenvalue weighted by Gasteiger charge is -2.12. The second-order valence-electron chi connectivity index (χ2n) is 3.84. The van der Waals surface area contributed by atoms with Crippen molar-refractivity contribution in [2.24, 2.45) is 11.8 Å². The van der Waals surface area contributed by atoms with Crippen LogP contribution in [0.25, 0.3) is 0 Å². The van der Waals surface area contributed by atoms with E-state index in [0.717, 1.165) is 0 Å². The first kappa shape index (κ1) is 11.8. The van der Waals surface area contributed by atoms with Gasteiger partial charge in [-0.2, -0.15) is 0 Å². The van der Waals surface area contributed by atoms with Crippen LogP contribution >= 0.6 is 0 Å². The Balaban J connectivity index is 3.07. The van der Waals surface area contributed by atoms with Crippen molar-refractivity contribution in [3.8, 4) is 0 Å². The summed E-state index contributed by atoms with van der Waals surface area (Å²) < 4.78 is 9.79. The molecule has 15 heavy (non-hydrogen) atoms. The van der Waals surface area contributed by atoms with Gasteiger partial charge in [0.1, 0.15) is 11.7 Å². The fourth-order valence-corrected chi connectivity index (χ4v) is 1.90. The van der Waals surface area contributed by atoms with Gasteiger partial charge < -0.3 is 9.47 Å². The molecule has 1 atom stereocenters. The van der Waals surface area contributed by atoms with Crippen molar-refractivity contribution in [3.63, 3.8) is 0 Å². The summed E-state index contributed by atoms with van der Waals surface area (Å²) in [5.74, 6) is -0.429. The average Bonchev–Trinajstić information content (AvgIpc) is 2.53. The molecule has 0 aromatic heterocycles. The quantitative estimate of drug-likeness (QED) is 0.662. The first-order valence-corrected chi connectivity index (χ1v) is 4.92. The standard InChI is InChI=1S/C11H16O4/c1-6(2)9-8(12)5-7(10(9)14-3)11(13)15-4/h6-7H,5H2,1-4H3. The van der Waals surface area contributed by atoms with E-state index >= 15 is 0 Å². The Morgan fingerprint density at radius 3 is 2.40 bits per heavy atom. The Kier molecular flexibility index (Phi) is 3.50. The molecular weight excluding hydrogens is 196 g/mol. The molecule has 0 aromatic carbocycles. The van der Waals surface area contributed by atoms with E-state index in [1.54, 1.807) is 0 Å². The van der Waals surface area contributed by atoms with Crippen molar-refractivity contribution in [2.45, 2.75) is 20.3 Å². The summed E-state index contributed by atoms with van der Waals surface area (Å²) in [5, 5.41) is 0. The molecule has 4 heteroatoms. The first-order valence-electron chi connectivity index (χ1n) is 4.92. The van der Waals surface area contributed by atoms with E-state index in [0.29, 0.717) is 11.3 Å². The molecule has 1 unspecified atom stereocenters. The van der Waals surface area contributed by atoms with Gasteiger partial charge in [0.05, 0.1) is 14.2 Å². The third-order valence-electron chi connectivity index (χ3n) is 2.55. The molecule has 0 fully saturated rings. The SMILES string of the molecule is COC(=O)C1CC(=O)C(C(C)C)=C1OC. The molecule has 0 radical (unpaired) electrons. The summed E-state index contributed by atoms with van der Waals surface area (Å²) in [6.07, 6.45) is 0.170. The van der Waals surface area contributed by atoms with Gasteiger partial charge in [-0.15, -0.1) is 0 Å². The van der Waals surface area contributed by atoms with Crippen LogP contribution in [0.15, 0.2) is 11.3 Å². The van der Waals surface area contributed by atoms with Gasteiger partial charge in [-0.25, -0.2) is 0 Å². The molecule has 1 aliphatic carbocycles. The van der Waals surface area contributed by atoms with Crippen LogP contribution in [0.1, 0.15) is 20.3 Å². The second kappa shape index (κ2) is 4.47. The smallest absolute Gasteiger partial charge is 0.316 e. The monoisotopic (exact) mass is 212 g/mol. The lowest BCUT2D eigenvalue weighted by Crippen LogP contribution is -2.17. The van der Waals surface area contributed by atoms with Crippen LogP contribution < -0.4 is 0 Å². The van der Waals surface area contributed by atoms with E-state index in [2.05, 4.69) is 4.74 Å². The van der Waals surface area contributed by atoms with Gasteiger partial charge in [0.2, 0.25) is 0 Å². The fraction of sp³-hybridized carbons (Fsp3) is 0.636.